The van der Waals surface area contributed by atoms with Crippen LogP contribution in [0.15, 0.2) is 12.4 Å². The molecule has 268 valence electrons. The summed E-state index contributed by atoms with van der Waals surface area (Å²) >= 11 is 0. The topological polar surface area (TPSA) is 6.48 Å². The molecular formula is C43H86N2. The Labute approximate surface area is 286 Å². The second-order valence-electron chi connectivity index (χ2n) is 15.0. The Hall–Kier alpha value is -0.660. The minimum Gasteiger partial charge on any atom is -0.356 e. The molecule has 0 aromatic carbocycles. The molecule has 0 saturated heterocycles. The maximum Gasteiger partial charge on any atom is 0.101 e. The van der Waals surface area contributed by atoms with Gasteiger partial charge in [-0.1, -0.05) is 220 Å². The lowest BCUT2D eigenvalue weighted by Crippen LogP contribution is -2.39. The third-order valence-electron chi connectivity index (χ3n) is 10.6. The van der Waals surface area contributed by atoms with Gasteiger partial charge in [-0.3, -0.25) is 0 Å². The quantitative estimate of drug-likeness (QED) is 0.0630. The molecule has 0 amide bonds. The van der Waals surface area contributed by atoms with Gasteiger partial charge in [0.1, 0.15) is 6.17 Å². The molecule has 1 aliphatic heterocycles. The van der Waals surface area contributed by atoms with Crippen LogP contribution in [0.5, 0.6) is 0 Å². The van der Waals surface area contributed by atoms with Gasteiger partial charge in [0, 0.05) is 25.5 Å². The summed E-state index contributed by atoms with van der Waals surface area (Å²) in [7, 11) is 0. The summed E-state index contributed by atoms with van der Waals surface area (Å²) in [5, 5.41) is 0. The van der Waals surface area contributed by atoms with E-state index in [0.29, 0.717) is 6.17 Å². The van der Waals surface area contributed by atoms with Crippen molar-refractivity contribution in [3.05, 3.63) is 12.4 Å². The summed E-state index contributed by atoms with van der Waals surface area (Å²) in [5.41, 5.74) is 0. The Morgan fingerprint density at radius 2 is 0.511 bits per heavy atom. The molecule has 1 rings (SSSR count). The van der Waals surface area contributed by atoms with Gasteiger partial charge < -0.3 is 9.80 Å². The molecule has 0 fully saturated rings. The molecule has 0 radical (unpaired) electrons. The van der Waals surface area contributed by atoms with Crippen molar-refractivity contribution in [1.29, 1.82) is 0 Å². The zero-order valence-corrected chi connectivity index (χ0v) is 31.8. The van der Waals surface area contributed by atoms with Crippen LogP contribution in [-0.2, 0) is 0 Å². The third-order valence-corrected chi connectivity index (χ3v) is 10.6. The molecule has 0 atom stereocenters. The van der Waals surface area contributed by atoms with Gasteiger partial charge in [-0.15, -0.1) is 0 Å². The van der Waals surface area contributed by atoms with E-state index in [2.05, 4.69) is 43.0 Å². The molecule has 45 heavy (non-hydrogen) atoms. The van der Waals surface area contributed by atoms with Crippen molar-refractivity contribution in [3.8, 4) is 0 Å². The minimum atomic E-state index is 0.639. The molecule has 0 N–H and O–H groups in total. The van der Waals surface area contributed by atoms with E-state index < -0.39 is 0 Å². The van der Waals surface area contributed by atoms with Gasteiger partial charge in [0.2, 0.25) is 0 Å². The molecule has 0 unspecified atom stereocenters. The molecule has 0 aliphatic carbocycles. The Morgan fingerprint density at radius 3 is 0.778 bits per heavy atom. The Balaban J connectivity index is 2.13. The summed E-state index contributed by atoms with van der Waals surface area (Å²) in [4.78, 5) is 5.44. The van der Waals surface area contributed by atoms with Crippen LogP contribution >= 0.6 is 0 Å². The lowest BCUT2D eigenvalue weighted by atomic mass is 10.0. The first-order valence-corrected chi connectivity index (χ1v) is 21.5. The van der Waals surface area contributed by atoms with Crippen LogP contribution in [-0.4, -0.2) is 29.1 Å². The Kier molecular flexibility index (Phi) is 32.6. The maximum absolute atomic E-state index is 2.72. The highest BCUT2D eigenvalue weighted by Crippen LogP contribution is 2.24. The van der Waals surface area contributed by atoms with Crippen LogP contribution in [0.25, 0.3) is 0 Å². The summed E-state index contributed by atoms with van der Waals surface area (Å²) in [6.07, 6.45) is 55.9. The first kappa shape index (κ1) is 42.4. The molecule has 0 bridgehead atoms. The number of unbranched alkanes of at least 4 members (excludes halogenated alkanes) is 31. The van der Waals surface area contributed by atoms with Crippen molar-refractivity contribution < 1.29 is 0 Å². The van der Waals surface area contributed by atoms with Crippen molar-refractivity contribution in [2.75, 3.05) is 13.1 Å². The van der Waals surface area contributed by atoms with E-state index in [-0.39, 0.29) is 0 Å². The van der Waals surface area contributed by atoms with Gasteiger partial charge in [-0.2, -0.15) is 0 Å². The van der Waals surface area contributed by atoms with Gasteiger partial charge in [0.15, 0.2) is 0 Å². The van der Waals surface area contributed by atoms with Crippen LogP contribution in [0.1, 0.15) is 245 Å². The molecule has 2 heteroatoms. The van der Waals surface area contributed by atoms with Crippen LogP contribution in [0, 0.1) is 0 Å². The van der Waals surface area contributed by atoms with Crippen molar-refractivity contribution in [2.45, 2.75) is 252 Å². The number of rotatable bonds is 37. The molecule has 0 saturated carbocycles. The summed E-state index contributed by atoms with van der Waals surface area (Å²) in [5.74, 6) is 0. The lowest BCUT2D eigenvalue weighted by Gasteiger charge is -2.33. The zero-order valence-electron chi connectivity index (χ0n) is 31.8. The molecule has 0 aromatic rings. The van der Waals surface area contributed by atoms with Crippen LogP contribution < -0.4 is 0 Å². The predicted octanol–water partition coefficient (Wildman–Crippen LogP) is 15.1. The number of nitrogens with zero attached hydrogens (tertiary/aromatic N) is 2. The van der Waals surface area contributed by atoms with Gasteiger partial charge in [-0.05, 0) is 25.7 Å². The zero-order chi connectivity index (χ0) is 32.3. The minimum absolute atomic E-state index is 0.639. The fourth-order valence-corrected chi connectivity index (χ4v) is 7.42. The van der Waals surface area contributed by atoms with Gasteiger partial charge >= 0.3 is 0 Å². The standard InChI is InChI=1S/C43H86N2/c1-4-7-10-13-16-18-20-22-24-26-28-30-33-36-39-44-41-42-45(43(44)38-35-32-15-12-9-6-3)40-37-34-31-29-27-25-23-21-19-17-14-11-8-5-2/h41-43H,4-40H2,1-3H3. The van der Waals surface area contributed by atoms with E-state index in [1.807, 2.05) is 0 Å². The maximum atomic E-state index is 2.72. The van der Waals surface area contributed by atoms with Crippen molar-refractivity contribution >= 4 is 0 Å². The highest BCUT2D eigenvalue weighted by atomic mass is 15.4. The monoisotopic (exact) mass is 631 g/mol. The van der Waals surface area contributed by atoms with Crippen molar-refractivity contribution in [3.63, 3.8) is 0 Å². The van der Waals surface area contributed by atoms with Crippen LogP contribution in [0.3, 0.4) is 0 Å². The number of hydrogen-bond donors (Lipinski definition) is 0. The van der Waals surface area contributed by atoms with Crippen LogP contribution in [0.2, 0.25) is 0 Å². The largest absolute Gasteiger partial charge is 0.356 e. The van der Waals surface area contributed by atoms with Crippen molar-refractivity contribution in [1.82, 2.24) is 9.80 Å². The van der Waals surface area contributed by atoms with Crippen molar-refractivity contribution in [2.24, 2.45) is 0 Å². The lowest BCUT2D eigenvalue weighted by molar-refractivity contribution is 0.135. The van der Waals surface area contributed by atoms with E-state index in [9.17, 15) is 0 Å². The highest BCUT2D eigenvalue weighted by molar-refractivity contribution is 4.97. The second kappa shape index (κ2) is 34.7. The van der Waals surface area contributed by atoms with E-state index in [4.69, 9.17) is 0 Å². The van der Waals surface area contributed by atoms with E-state index >= 15 is 0 Å². The summed E-state index contributed by atoms with van der Waals surface area (Å²) in [6.45, 7) is 9.49. The molecule has 0 spiro atoms. The SMILES string of the molecule is CCCCCCCCCCCCCCCCN1C=CN(CCCCCCCCCCCCCCCC)C1CCCCCCCC. The Morgan fingerprint density at radius 1 is 0.289 bits per heavy atom. The smallest absolute Gasteiger partial charge is 0.101 e. The average Bonchev–Trinajstić information content (AvgIpc) is 3.43. The number of hydrogen-bond acceptors (Lipinski definition) is 2. The molecule has 1 heterocycles. The first-order chi connectivity index (χ1) is 22.3. The Bertz CT molecular complexity index is 544. The first-order valence-electron chi connectivity index (χ1n) is 21.5. The van der Waals surface area contributed by atoms with E-state index in [1.165, 1.54) is 238 Å². The normalized spacial score (nSPS) is 13.6. The van der Waals surface area contributed by atoms with Gasteiger partial charge in [0.05, 0.1) is 0 Å². The molecular weight excluding hydrogens is 544 g/mol. The average molecular weight is 631 g/mol. The van der Waals surface area contributed by atoms with Gasteiger partial charge in [-0.25, -0.2) is 0 Å². The van der Waals surface area contributed by atoms with E-state index in [0.717, 1.165) is 0 Å². The molecule has 0 aromatic heterocycles. The third kappa shape index (κ3) is 27.0. The van der Waals surface area contributed by atoms with E-state index in [1.54, 1.807) is 0 Å². The van der Waals surface area contributed by atoms with Gasteiger partial charge in [0.25, 0.3) is 0 Å². The molecule has 1 aliphatic rings. The fraction of sp³-hybridized carbons (Fsp3) is 0.953. The predicted molar refractivity (Wildman–Crippen MR) is 205 cm³/mol. The molecule has 2 nitrogen and oxygen atoms in total. The second-order valence-corrected chi connectivity index (χ2v) is 15.0. The summed E-state index contributed by atoms with van der Waals surface area (Å²) in [6, 6.07) is 0. The summed E-state index contributed by atoms with van der Waals surface area (Å²) < 4.78 is 0. The fourth-order valence-electron chi connectivity index (χ4n) is 7.42. The highest BCUT2D eigenvalue weighted by Gasteiger charge is 2.24. The van der Waals surface area contributed by atoms with Crippen LogP contribution in [0.4, 0.5) is 0 Å².